The van der Waals surface area contributed by atoms with E-state index in [-0.39, 0.29) is 16.9 Å². The molecule has 8 heteroatoms. The van der Waals surface area contributed by atoms with E-state index in [1.54, 1.807) is 18.2 Å². The molecule has 2 aromatic carbocycles. The Morgan fingerprint density at radius 3 is 2.39 bits per heavy atom. The highest BCUT2D eigenvalue weighted by Gasteiger charge is 2.17. The first kappa shape index (κ1) is 16.1. The van der Waals surface area contributed by atoms with Crippen LogP contribution in [-0.2, 0) is 0 Å². The molecule has 0 fully saturated rings. The largest absolute Gasteiger partial charge is 0.493 e. The fourth-order valence-electron chi connectivity index (χ4n) is 2.01. The fourth-order valence-corrected chi connectivity index (χ4v) is 2.01. The summed E-state index contributed by atoms with van der Waals surface area (Å²) in [4.78, 5) is 21.7. The maximum Gasteiger partial charge on any atom is 0.293 e. The van der Waals surface area contributed by atoms with Crippen LogP contribution in [0, 0.1) is 10.1 Å². The van der Waals surface area contributed by atoms with E-state index in [0.717, 1.165) is 6.07 Å². The molecule has 0 aliphatic carbocycles. The van der Waals surface area contributed by atoms with Crippen molar-refractivity contribution >= 4 is 23.0 Å². The summed E-state index contributed by atoms with van der Waals surface area (Å²) in [6, 6.07) is 8.97. The van der Waals surface area contributed by atoms with Crippen LogP contribution in [0.2, 0.25) is 0 Å². The molecule has 0 heterocycles. The molecule has 0 aliphatic heterocycles. The fraction of sp³-hybridized carbons (Fsp3) is 0.133. The van der Waals surface area contributed by atoms with Gasteiger partial charge in [-0.15, -0.1) is 0 Å². The van der Waals surface area contributed by atoms with E-state index < -0.39 is 10.8 Å². The molecule has 8 nitrogen and oxygen atoms in total. The van der Waals surface area contributed by atoms with Gasteiger partial charge in [-0.1, -0.05) is 0 Å². The van der Waals surface area contributed by atoms with Crippen LogP contribution in [0.25, 0.3) is 0 Å². The Bertz CT molecular complexity index is 761. The second-order valence-electron chi connectivity index (χ2n) is 4.55. The summed E-state index contributed by atoms with van der Waals surface area (Å²) in [6.07, 6.45) is 0. The number of nitrogens with two attached hydrogens (primary N) is 1. The number of amides is 1. The SMILES string of the molecule is COc1ccc(Nc2ccc(C(N)=O)cc2[N+](=O)[O-])cc1OC. The summed E-state index contributed by atoms with van der Waals surface area (Å²) in [5.41, 5.74) is 5.75. The number of benzene rings is 2. The third-order valence-electron chi connectivity index (χ3n) is 3.14. The van der Waals surface area contributed by atoms with Crippen LogP contribution in [-0.4, -0.2) is 25.1 Å². The van der Waals surface area contributed by atoms with Gasteiger partial charge in [-0.3, -0.25) is 14.9 Å². The third-order valence-corrected chi connectivity index (χ3v) is 3.14. The minimum Gasteiger partial charge on any atom is -0.493 e. The number of primary amides is 1. The van der Waals surface area contributed by atoms with Gasteiger partial charge in [-0.25, -0.2) is 0 Å². The molecule has 2 aromatic rings. The lowest BCUT2D eigenvalue weighted by molar-refractivity contribution is -0.383. The highest BCUT2D eigenvalue weighted by atomic mass is 16.6. The molecular formula is C15H15N3O5. The summed E-state index contributed by atoms with van der Waals surface area (Å²) in [6.45, 7) is 0. The molecule has 23 heavy (non-hydrogen) atoms. The third kappa shape index (κ3) is 3.49. The van der Waals surface area contributed by atoms with Crippen molar-refractivity contribution in [3.8, 4) is 11.5 Å². The monoisotopic (exact) mass is 317 g/mol. The number of carbonyl (C=O) groups is 1. The van der Waals surface area contributed by atoms with E-state index in [0.29, 0.717) is 17.2 Å². The molecule has 2 rings (SSSR count). The minimum atomic E-state index is -0.731. The second-order valence-corrected chi connectivity index (χ2v) is 4.55. The first-order valence-corrected chi connectivity index (χ1v) is 6.53. The Hall–Kier alpha value is -3.29. The van der Waals surface area contributed by atoms with Crippen LogP contribution in [0.3, 0.4) is 0 Å². The molecule has 120 valence electrons. The summed E-state index contributed by atoms with van der Waals surface area (Å²) >= 11 is 0. The molecule has 0 radical (unpaired) electrons. The number of nitro benzene ring substituents is 1. The highest BCUT2D eigenvalue weighted by Crippen LogP contribution is 2.33. The van der Waals surface area contributed by atoms with Gasteiger partial charge in [0.25, 0.3) is 5.69 Å². The average Bonchev–Trinajstić information content (AvgIpc) is 2.54. The van der Waals surface area contributed by atoms with Crippen LogP contribution < -0.4 is 20.5 Å². The summed E-state index contributed by atoms with van der Waals surface area (Å²) in [7, 11) is 3.00. The van der Waals surface area contributed by atoms with Crippen molar-refractivity contribution < 1.29 is 19.2 Å². The molecule has 0 aromatic heterocycles. The van der Waals surface area contributed by atoms with E-state index >= 15 is 0 Å². The van der Waals surface area contributed by atoms with Crippen molar-refractivity contribution in [2.24, 2.45) is 5.73 Å². The highest BCUT2D eigenvalue weighted by molar-refractivity contribution is 5.94. The number of hydrogen-bond acceptors (Lipinski definition) is 6. The molecule has 1 amide bonds. The maximum atomic E-state index is 11.2. The lowest BCUT2D eigenvalue weighted by Gasteiger charge is -2.11. The zero-order chi connectivity index (χ0) is 17.0. The Morgan fingerprint density at radius 2 is 1.83 bits per heavy atom. The van der Waals surface area contributed by atoms with Crippen molar-refractivity contribution in [3.63, 3.8) is 0 Å². The molecule has 0 atom stereocenters. The topological polar surface area (TPSA) is 117 Å². The maximum absolute atomic E-state index is 11.2. The van der Waals surface area contributed by atoms with E-state index in [4.69, 9.17) is 15.2 Å². The Balaban J connectivity index is 2.40. The van der Waals surface area contributed by atoms with Gasteiger partial charge in [-0.05, 0) is 24.3 Å². The second kappa shape index (κ2) is 6.65. The average molecular weight is 317 g/mol. The number of nitrogens with zero attached hydrogens (tertiary/aromatic N) is 1. The number of nitro groups is 1. The molecule has 0 bridgehead atoms. The Labute approximate surface area is 132 Å². The summed E-state index contributed by atoms with van der Waals surface area (Å²) in [5, 5.41) is 14.1. The van der Waals surface area contributed by atoms with Crippen LogP contribution in [0.4, 0.5) is 17.1 Å². The molecule has 0 saturated heterocycles. The number of nitrogens with one attached hydrogen (secondary N) is 1. The van der Waals surface area contributed by atoms with E-state index in [1.165, 1.54) is 26.4 Å². The van der Waals surface area contributed by atoms with E-state index in [1.807, 2.05) is 0 Å². The molecule has 0 unspecified atom stereocenters. The smallest absolute Gasteiger partial charge is 0.293 e. The van der Waals surface area contributed by atoms with Gasteiger partial charge < -0.3 is 20.5 Å². The van der Waals surface area contributed by atoms with Crippen molar-refractivity contribution in [3.05, 3.63) is 52.1 Å². The van der Waals surface area contributed by atoms with Gasteiger partial charge in [-0.2, -0.15) is 0 Å². The first-order valence-electron chi connectivity index (χ1n) is 6.53. The summed E-state index contributed by atoms with van der Waals surface area (Å²) < 4.78 is 10.3. The van der Waals surface area contributed by atoms with E-state index in [2.05, 4.69) is 5.32 Å². The van der Waals surface area contributed by atoms with Gasteiger partial charge in [0.05, 0.1) is 19.1 Å². The number of anilines is 2. The van der Waals surface area contributed by atoms with Gasteiger partial charge in [0, 0.05) is 23.4 Å². The minimum absolute atomic E-state index is 0.0644. The van der Waals surface area contributed by atoms with Crippen molar-refractivity contribution in [1.82, 2.24) is 0 Å². The molecular weight excluding hydrogens is 302 g/mol. The zero-order valence-electron chi connectivity index (χ0n) is 12.5. The first-order chi connectivity index (χ1) is 11.0. The molecule has 0 spiro atoms. The van der Waals surface area contributed by atoms with Gasteiger partial charge in [0.15, 0.2) is 11.5 Å². The van der Waals surface area contributed by atoms with Gasteiger partial charge in [0.1, 0.15) is 5.69 Å². The normalized spacial score (nSPS) is 10.0. The predicted molar refractivity (Wildman–Crippen MR) is 84.4 cm³/mol. The quantitative estimate of drug-likeness (QED) is 0.624. The van der Waals surface area contributed by atoms with Crippen LogP contribution >= 0.6 is 0 Å². The number of hydrogen-bond donors (Lipinski definition) is 2. The number of carbonyl (C=O) groups excluding carboxylic acids is 1. The standard InChI is InChI=1S/C15H15N3O5/c1-22-13-6-4-10(8-14(13)23-2)17-11-5-3-9(15(16)19)7-12(11)18(20)21/h3-8,17H,1-2H3,(H2,16,19). The van der Waals surface area contributed by atoms with Crippen LogP contribution in [0.15, 0.2) is 36.4 Å². The summed E-state index contributed by atoms with van der Waals surface area (Å²) in [5.74, 6) is 0.288. The Morgan fingerprint density at radius 1 is 1.13 bits per heavy atom. The molecule has 0 aliphatic rings. The number of ether oxygens (including phenoxy) is 2. The van der Waals surface area contributed by atoms with Crippen molar-refractivity contribution in [2.75, 3.05) is 19.5 Å². The van der Waals surface area contributed by atoms with Crippen LogP contribution in [0.5, 0.6) is 11.5 Å². The van der Waals surface area contributed by atoms with Gasteiger partial charge in [0.2, 0.25) is 5.91 Å². The number of methoxy groups -OCH3 is 2. The van der Waals surface area contributed by atoms with Crippen molar-refractivity contribution in [1.29, 1.82) is 0 Å². The Kier molecular flexibility index (Phi) is 4.65. The van der Waals surface area contributed by atoms with E-state index in [9.17, 15) is 14.9 Å². The lowest BCUT2D eigenvalue weighted by atomic mass is 10.1. The van der Waals surface area contributed by atoms with Gasteiger partial charge >= 0.3 is 0 Å². The lowest BCUT2D eigenvalue weighted by Crippen LogP contribution is -2.11. The predicted octanol–water partition coefficient (Wildman–Crippen LogP) is 2.45. The zero-order valence-corrected chi connectivity index (χ0v) is 12.5. The van der Waals surface area contributed by atoms with Crippen LogP contribution in [0.1, 0.15) is 10.4 Å². The van der Waals surface area contributed by atoms with Crippen molar-refractivity contribution in [2.45, 2.75) is 0 Å². The number of rotatable bonds is 6. The molecule has 3 N–H and O–H groups in total. The molecule has 0 saturated carbocycles.